The lowest BCUT2D eigenvalue weighted by Crippen LogP contribution is -2.11. The highest BCUT2D eigenvalue weighted by Crippen LogP contribution is 2.17. The van der Waals surface area contributed by atoms with Crippen molar-refractivity contribution in [3.05, 3.63) is 78.1 Å². The van der Waals surface area contributed by atoms with Crippen LogP contribution in [0, 0.1) is 6.92 Å². The zero-order chi connectivity index (χ0) is 14.7. The summed E-state index contributed by atoms with van der Waals surface area (Å²) < 4.78 is 1.89. The van der Waals surface area contributed by atoms with E-state index in [-0.39, 0.29) is 5.78 Å². The predicted molar refractivity (Wildman–Crippen MR) is 83.2 cm³/mol. The molecule has 0 saturated carbocycles. The number of imidazole rings is 1. The second kappa shape index (κ2) is 5.75. The van der Waals surface area contributed by atoms with Crippen molar-refractivity contribution in [2.75, 3.05) is 0 Å². The van der Waals surface area contributed by atoms with Gasteiger partial charge in [-0.25, -0.2) is 4.98 Å². The van der Waals surface area contributed by atoms with E-state index in [4.69, 9.17) is 0 Å². The molecule has 0 unspecified atom stereocenters. The molecule has 1 aromatic heterocycles. The molecule has 3 rings (SSSR count). The van der Waals surface area contributed by atoms with E-state index in [1.54, 1.807) is 6.20 Å². The summed E-state index contributed by atoms with van der Waals surface area (Å²) >= 11 is 0. The number of carbonyl (C=O) groups excluding carboxylic acids is 1. The number of aryl methyl sites for hydroxylation is 1. The quantitative estimate of drug-likeness (QED) is 0.680. The van der Waals surface area contributed by atoms with Gasteiger partial charge in [-0.1, -0.05) is 54.1 Å². The molecule has 0 saturated heterocycles. The molecule has 0 aliphatic rings. The Bertz CT molecular complexity index is 760. The van der Waals surface area contributed by atoms with E-state index in [0.717, 1.165) is 22.5 Å². The molecule has 21 heavy (non-hydrogen) atoms. The highest BCUT2D eigenvalue weighted by atomic mass is 16.1. The van der Waals surface area contributed by atoms with E-state index in [1.807, 2.05) is 72.3 Å². The summed E-state index contributed by atoms with van der Waals surface area (Å²) in [6.07, 6.45) is 3.57. The number of hydrogen-bond donors (Lipinski definition) is 0. The van der Waals surface area contributed by atoms with Crippen molar-refractivity contribution < 1.29 is 4.79 Å². The Labute approximate surface area is 123 Å². The molecule has 0 N–H and O–H groups in total. The minimum absolute atomic E-state index is 0.0916. The molecular formula is C18H16N2O. The van der Waals surface area contributed by atoms with Gasteiger partial charge in [0, 0.05) is 23.5 Å². The van der Waals surface area contributed by atoms with Crippen LogP contribution in [0.3, 0.4) is 0 Å². The molecule has 3 nitrogen and oxygen atoms in total. The smallest absolute Gasteiger partial charge is 0.182 e. The SMILES string of the molecule is Cc1cccc(C(=O)Cn2ccnc2-c2ccccc2)c1. The van der Waals surface area contributed by atoms with Gasteiger partial charge < -0.3 is 4.57 Å². The van der Waals surface area contributed by atoms with Gasteiger partial charge in [0.05, 0.1) is 6.54 Å². The first-order valence-corrected chi connectivity index (χ1v) is 6.90. The largest absolute Gasteiger partial charge is 0.323 e. The summed E-state index contributed by atoms with van der Waals surface area (Å²) in [6, 6.07) is 17.6. The predicted octanol–water partition coefficient (Wildman–Crippen LogP) is 3.74. The van der Waals surface area contributed by atoms with E-state index in [9.17, 15) is 4.79 Å². The average molecular weight is 276 g/mol. The highest BCUT2D eigenvalue weighted by molar-refractivity contribution is 5.96. The van der Waals surface area contributed by atoms with Gasteiger partial charge in [-0.15, -0.1) is 0 Å². The van der Waals surface area contributed by atoms with Crippen molar-refractivity contribution in [3.63, 3.8) is 0 Å². The van der Waals surface area contributed by atoms with Crippen LogP contribution in [-0.2, 0) is 6.54 Å². The number of hydrogen-bond acceptors (Lipinski definition) is 2. The van der Waals surface area contributed by atoms with Gasteiger partial charge in [-0.2, -0.15) is 0 Å². The van der Waals surface area contributed by atoms with Gasteiger partial charge in [0.2, 0.25) is 0 Å². The fourth-order valence-corrected chi connectivity index (χ4v) is 2.35. The van der Waals surface area contributed by atoms with Crippen molar-refractivity contribution in [3.8, 4) is 11.4 Å². The molecule has 1 heterocycles. The number of rotatable bonds is 4. The zero-order valence-electron chi connectivity index (χ0n) is 11.9. The van der Waals surface area contributed by atoms with Crippen LogP contribution in [0.15, 0.2) is 67.0 Å². The Balaban J connectivity index is 1.87. The van der Waals surface area contributed by atoms with Crippen LogP contribution in [0.25, 0.3) is 11.4 Å². The monoisotopic (exact) mass is 276 g/mol. The Morgan fingerprint density at radius 1 is 1.10 bits per heavy atom. The van der Waals surface area contributed by atoms with Crippen molar-refractivity contribution >= 4 is 5.78 Å². The van der Waals surface area contributed by atoms with E-state index in [2.05, 4.69) is 4.98 Å². The third-order valence-electron chi connectivity index (χ3n) is 3.40. The molecule has 0 radical (unpaired) electrons. The lowest BCUT2D eigenvalue weighted by molar-refractivity contribution is 0.0972. The standard InChI is InChI=1S/C18H16N2O/c1-14-6-5-9-16(12-14)17(21)13-20-11-10-19-18(20)15-7-3-2-4-8-15/h2-12H,13H2,1H3. The number of Topliss-reactive ketones (excluding diaryl/α,β-unsaturated/α-hetero) is 1. The number of benzene rings is 2. The molecule has 0 fully saturated rings. The van der Waals surface area contributed by atoms with Crippen LogP contribution in [0.4, 0.5) is 0 Å². The van der Waals surface area contributed by atoms with Crippen LogP contribution in [-0.4, -0.2) is 15.3 Å². The first-order valence-electron chi connectivity index (χ1n) is 6.90. The molecule has 0 bridgehead atoms. The normalized spacial score (nSPS) is 10.5. The third-order valence-corrected chi connectivity index (χ3v) is 3.40. The lowest BCUT2D eigenvalue weighted by Gasteiger charge is -2.08. The van der Waals surface area contributed by atoms with Crippen LogP contribution < -0.4 is 0 Å². The van der Waals surface area contributed by atoms with Gasteiger partial charge in [0.25, 0.3) is 0 Å². The first kappa shape index (κ1) is 13.3. The Hall–Kier alpha value is -2.68. The molecule has 2 aromatic carbocycles. The van der Waals surface area contributed by atoms with E-state index < -0.39 is 0 Å². The summed E-state index contributed by atoms with van der Waals surface area (Å²) in [7, 11) is 0. The van der Waals surface area contributed by atoms with E-state index in [1.165, 1.54) is 0 Å². The molecule has 0 amide bonds. The third kappa shape index (κ3) is 2.92. The van der Waals surface area contributed by atoms with Crippen LogP contribution in [0.1, 0.15) is 15.9 Å². The molecule has 0 aliphatic carbocycles. The minimum atomic E-state index is 0.0916. The Kier molecular flexibility index (Phi) is 3.65. The molecule has 0 spiro atoms. The number of carbonyl (C=O) groups is 1. The second-order valence-corrected chi connectivity index (χ2v) is 5.04. The number of ketones is 1. The molecule has 0 atom stereocenters. The number of nitrogens with zero attached hydrogens (tertiary/aromatic N) is 2. The van der Waals surface area contributed by atoms with Crippen molar-refractivity contribution in [2.24, 2.45) is 0 Å². The molecule has 104 valence electrons. The summed E-state index contributed by atoms with van der Waals surface area (Å²) in [5, 5.41) is 0. The minimum Gasteiger partial charge on any atom is -0.323 e. The van der Waals surface area contributed by atoms with Crippen LogP contribution in [0.5, 0.6) is 0 Å². The zero-order valence-corrected chi connectivity index (χ0v) is 11.9. The summed E-state index contributed by atoms with van der Waals surface area (Å²) in [5.41, 5.74) is 2.84. The van der Waals surface area contributed by atoms with Gasteiger partial charge in [-0.05, 0) is 13.0 Å². The fourth-order valence-electron chi connectivity index (χ4n) is 2.35. The molecular weight excluding hydrogens is 260 g/mol. The van der Waals surface area contributed by atoms with Crippen LogP contribution >= 0.6 is 0 Å². The van der Waals surface area contributed by atoms with Crippen molar-refractivity contribution in [2.45, 2.75) is 13.5 Å². The summed E-state index contributed by atoms with van der Waals surface area (Å²) in [5.74, 6) is 0.908. The topological polar surface area (TPSA) is 34.9 Å². The maximum absolute atomic E-state index is 12.4. The second-order valence-electron chi connectivity index (χ2n) is 5.04. The fraction of sp³-hybridized carbons (Fsp3) is 0.111. The van der Waals surface area contributed by atoms with Gasteiger partial charge >= 0.3 is 0 Å². The maximum Gasteiger partial charge on any atom is 0.182 e. The first-order chi connectivity index (χ1) is 10.2. The van der Waals surface area contributed by atoms with Gasteiger partial charge in [0.15, 0.2) is 5.78 Å². The molecule has 3 heteroatoms. The average Bonchev–Trinajstić information content (AvgIpc) is 2.96. The lowest BCUT2D eigenvalue weighted by atomic mass is 10.1. The highest BCUT2D eigenvalue weighted by Gasteiger charge is 2.11. The summed E-state index contributed by atoms with van der Waals surface area (Å²) in [6.45, 7) is 2.29. The maximum atomic E-state index is 12.4. The van der Waals surface area contributed by atoms with Crippen molar-refractivity contribution in [1.82, 2.24) is 9.55 Å². The van der Waals surface area contributed by atoms with E-state index in [0.29, 0.717) is 6.54 Å². The van der Waals surface area contributed by atoms with E-state index >= 15 is 0 Å². The molecule has 0 aliphatic heterocycles. The van der Waals surface area contributed by atoms with Crippen LogP contribution in [0.2, 0.25) is 0 Å². The summed E-state index contributed by atoms with van der Waals surface area (Å²) in [4.78, 5) is 16.8. The van der Waals surface area contributed by atoms with Gasteiger partial charge in [-0.3, -0.25) is 4.79 Å². The Morgan fingerprint density at radius 2 is 1.90 bits per heavy atom. The number of aromatic nitrogens is 2. The van der Waals surface area contributed by atoms with Gasteiger partial charge in [0.1, 0.15) is 5.82 Å². The van der Waals surface area contributed by atoms with Crippen molar-refractivity contribution in [1.29, 1.82) is 0 Å². The Morgan fingerprint density at radius 3 is 2.67 bits per heavy atom. The molecule has 3 aromatic rings.